The van der Waals surface area contributed by atoms with Gasteiger partial charge in [-0.2, -0.15) is 5.10 Å². The molecule has 2 aromatic rings. The molecular formula is C17H21N3O. The van der Waals surface area contributed by atoms with Crippen LogP contribution in [0.15, 0.2) is 36.4 Å². The zero-order valence-electron chi connectivity index (χ0n) is 12.5. The van der Waals surface area contributed by atoms with Gasteiger partial charge in [-0.25, -0.2) is 0 Å². The van der Waals surface area contributed by atoms with Gasteiger partial charge in [0.1, 0.15) is 0 Å². The van der Waals surface area contributed by atoms with E-state index in [9.17, 15) is 4.79 Å². The average Bonchev–Trinajstić information content (AvgIpc) is 3.21. The van der Waals surface area contributed by atoms with Crippen molar-refractivity contribution in [2.45, 2.75) is 32.7 Å². The molecule has 1 aliphatic carbocycles. The van der Waals surface area contributed by atoms with Gasteiger partial charge in [-0.05, 0) is 37.8 Å². The average molecular weight is 283 g/mol. The first-order chi connectivity index (χ1) is 10.1. The highest BCUT2D eigenvalue weighted by molar-refractivity contribution is 5.82. The van der Waals surface area contributed by atoms with E-state index < -0.39 is 0 Å². The number of amides is 1. The van der Waals surface area contributed by atoms with Gasteiger partial charge in [0.15, 0.2) is 0 Å². The molecule has 0 unspecified atom stereocenters. The highest BCUT2D eigenvalue weighted by Crippen LogP contribution is 2.47. The van der Waals surface area contributed by atoms with Crippen molar-refractivity contribution in [3.63, 3.8) is 0 Å². The van der Waals surface area contributed by atoms with Crippen LogP contribution in [0.4, 0.5) is 0 Å². The summed E-state index contributed by atoms with van der Waals surface area (Å²) in [6.45, 7) is 5.39. The first-order valence-electron chi connectivity index (χ1n) is 7.49. The Bertz CT molecular complexity index is 633. The molecule has 1 heterocycles. The Morgan fingerprint density at radius 1 is 1.33 bits per heavy atom. The minimum atomic E-state index is 0.146. The first kappa shape index (κ1) is 13.9. The van der Waals surface area contributed by atoms with E-state index in [2.05, 4.69) is 22.5 Å². The third-order valence-electron chi connectivity index (χ3n) is 4.08. The minimum Gasteiger partial charge on any atom is -0.354 e. The van der Waals surface area contributed by atoms with Gasteiger partial charge >= 0.3 is 0 Å². The van der Waals surface area contributed by atoms with Gasteiger partial charge in [-0.1, -0.05) is 30.3 Å². The highest BCUT2D eigenvalue weighted by Gasteiger charge is 2.43. The van der Waals surface area contributed by atoms with Crippen LogP contribution in [0.2, 0.25) is 0 Å². The number of carbonyl (C=O) groups is 1. The quantitative estimate of drug-likeness (QED) is 0.916. The summed E-state index contributed by atoms with van der Waals surface area (Å²) in [5.41, 5.74) is 3.43. The Labute approximate surface area is 125 Å². The summed E-state index contributed by atoms with van der Waals surface area (Å²) in [6.07, 6.45) is 0.968. The number of benzene rings is 1. The van der Waals surface area contributed by atoms with E-state index in [1.54, 1.807) is 0 Å². The van der Waals surface area contributed by atoms with Crippen LogP contribution in [-0.4, -0.2) is 22.2 Å². The van der Waals surface area contributed by atoms with E-state index in [1.165, 1.54) is 5.56 Å². The summed E-state index contributed by atoms with van der Waals surface area (Å²) in [4.78, 5) is 12.1. The number of nitrogens with zero attached hydrogens (tertiary/aromatic N) is 2. The second-order valence-electron chi connectivity index (χ2n) is 5.80. The molecule has 4 heteroatoms. The number of hydrogen-bond donors (Lipinski definition) is 1. The predicted octanol–water partition coefficient (Wildman–Crippen LogP) is 2.42. The SMILES string of the molecule is Cc1cc(C)n(CCNC(=O)[C@H]2C[C@H]2c2ccccc2)n1. The van der Waals surface area contributed by atoms with Crippen molar-refractivity contribution in [3.05, 3.63) is 53.3 Å². The van der Waals surface area contributed by atoms with Crippen LogP contribution in [0.1, 0.15) is 29.3 Å². The lowest BCUT2D eigenvalue weighted by Crippen LogP contribution is -2.29. The number of carbonyl (C=O) groups excluding carboxylic acids is 1. The molecule has 110 valence electrons. The van der Waals surface area contributed by atoms with E-state index in [-0.39, 0.29) is 11.8 Å². The summed E-state index contributed by atoms with van der Waals surface area (Å²) < 4.78 is 1.94. The zero-order chi connectivity index (χ0) is 14.8. The van der Waals surface area contributed by atoms with Gasteiger partial charge in [0, 0.05) is 18.2 Å². The van der Waals surface area contributed by atoms with Gasteiger partial charge in [0.2, 0.25) is 5.91 Å². The molecule has 1 amide bonds. The monoisotopic (exact) mass is 283 g/mol. The van der Waals surface area contributed by atoms with Gasteiger partial charge in [0.05, 0.1) is 12.2 Å². The van der Waals surface area contributed by atoms with Crippen molar-refractivity contribution in [1.29, 1.82) is 0 Å². The van der Waals surface area contributed by atoms with Crippen LogP contribution < -0.4 is 5.32 Å². The van der Waals surface area contributed by atoms with E-state index in [0.29, 0.717) is 12.5 Å². The van der Waals surface area contributed by atoms with Crippen molar-refractivity contribution in [3.8, 4) is 0 Å². The molecule has 21 heavy (non-hydrogen) atoms. The molecular weight excluding hydrogens is 262 g/mol. The summed E-state index contributed by atoms with van der Waals surface area (Å²) in [7, 11) is 0. The van der Waals surface area contributed by atoms with Crippen LogP contribution in [0, 0.1) is 19.8 Å². The Morgan fingerprint density at radius 3 is 2.76 bits per heavy atom. The lowest BCUT2D eigenvalue weighted by molar-refractivity contribution is -0.122. The minimum absolute atomic E-state index is 0.146. The van der Waals surface area contributed by atoms with Crippen molar-refractivity contribution >= 4 is 5.91 Å². The normalized spacial score (nSPS) is 20.3. The van der Waals surface area contributed by atoms with Crippen LogP contribution in [0.3, 0.4) is 0 Å². The van der Waals surface area contributed by atoms with E-state index in [1.807, 2.05) is 42.8 Å². The summed E-state index contributed by atoms with van der Waals surface area (Å²) >= 11 is 0. The van der Waals surface area contributed by atoms with Crippen LogP contribution in [0.25, 0.3) is 0 Å². The fourth-order valence-corrected chi connectivity index (χ4v) is 2.87. The highest BCUT2D eigenvalue weighted by atomic mass is 16.2. The lowest BCUT2D eigenvalue weighted by Gasteiger charge is -2.07. The smallest absolute Gasteiger partial charge is 0.223 e. The van der Waals surface area contributed by atoms with Gasteiger partial charge in [-0.3, -0.25) is 9.48 Å². The maximum atomic E-state index is 12.1. The Morgan fingerprint density at radius 2 is 2.10 bits per heavy atom. The number of aromatic nitrogens is 2. The molecule has 1 saturated carbocycles. The molecule has 1 aromatic carbocycles. The third-order valence-corrected chi connectivity index (χ3v) is 4.08. The van der Waals surface area contributed by atoms with E-state index >= 15 is 0 Å². The Kier molecular flexibility index (Phi) is 3.78. The van der Waals surface area contributed by atoms with Crippen LogP contribution in [0.5, 0.6) is 0 Å². The standard InChI is InChI=1S/C17H21N3O/c1-12-10-13(2)20(19-12)9-8-18-17(21)16-11-15(16)14-6-4-3-5-7-14/h3-7,10,15-16H,8-9,11H2,1-2H3,(H,18,21)/t15-,16-/m0/s1. The second kappa shape index (κ2) is 5.72. The lowest BCUT2D eigenvalue weighted by atomic mass is 10.1. The van der Waals surface area contributed by atoms with E-state index in [0.717, 1.165) is 24.4 Å². The fourth-order valence-electron chi connectivity index (χ4n) is 2.87. The van der Waals surface area contributed by atoms with Crippen LogP contribution >= 0.6 is 0 Å². The molecule has 3 rings (SSSR count). The van der Waals surface area contributed by atoms with Crippen molar-refractivity contribution in [2.75, 3.05) is 6.54 Å². The summed E-state index contributed by atoms with van der Waals surface area (Å²) in [6, 6.07) is 12.3. The fraction of sp³-hybridized carbons (Fsp3) is 0.412. The summed E-state index contributed by atoms with van der Waals surface area (Å²) in [5.74, 6) is 0.720. The predicted molar refractivity (Wildman–Crippen MR) is 82.0 cm³/mol. The Hall–Kier alpha value is -2.10. The number of hydrogen-bond acceptors (Lipinski definition) is 2. The maximum absolute atomic E-state index is 12.1. The molecule has 1 aromatic heterocycles. The number of nitrogens with one attached hydrogen (secondary N) is 1. The zero-order valence-corrected chi connectivity index (χ0v) is 12.5. The van der Waals surface area contributed by atoms with Crippen molar-refractivity contribution in [1.82, 2.24) is 15.1 Å². The first-order valence-corrected chi connectivity index (χ1v) is 7.49. The Balaban J connectivity index is 1.47. The molecule has 1 N–H and O–H groups in total. The molecule has 1 fully saturated rings. The van der Waals surface area contributed by atoms with Gasteiger partial charge in [0.25, 0.3) is 0 Å². The largest absolute Gasteiger partial charge is 0.354 e. The van der Waals surface area contributed by atoms with E-state index in [4.69, 9.17) is 0 Å². The van der Waals surface area contributed by atoms with Gasteiger partial charge in [-0.15, -0.1) is 0 Å². The molecule has 2 atom stereocenters. The topological polar surface area (TPSA) is 46.9 Å². The molecule has 0 spiro atoms. The molecule has 1 aliphatic rings. The summed E-state index contributed by atoms with van der Waals surface area (Å²) in [5, 5.41) is 7.42. The molecule has 0 aliphatic heterocycles. The van der Waals surface area contributed by atoms with Crippen molar-refractivity contribution in [2.24, 2.45) is 5.92 Å². The number of rotatable bonds is 5. The molecule has 0 saturated heterocycles. The maximum Gasteiger partial charge on any atom is 0.223 e. The van der Waals surface area contributed by atoms with Gasteiger partial charge < -0.3 is 5.32 Å². The third kappa shape index (κ3) is 3.15. The van der Waals surface area contributed by atoms with Crippen LogP contribution in [-0.2, 0) is 11.3 Å². The second-order valence-corrected chi connectivity index (χ2v) is 5.80. The number of aryl methyl sites for hydroxylation is 2. The molecule has 4 nitrogen and oxygen atoms in total. The van der Waals surface area contributed by atoms with Crippen molar-refractivity contribution < 1.29 is 4.79 Å². The molecule has 0 bridgehead atoms. The molecule has 0 radical (unpaired) electrons.